The number of imide groups is 1. The maximum Gasteiger partial charge on any atom is 0.257 e. The summed E-state index contributed by atoms with van der Waals surface area (Å²) in [4.78, 5) is 22.9. The molecule has 0 aliphatic rings. The molecule has 1 aromatic rings. The highest BCUT2D eigenvalue weighted by Crippen LogP contribution is 2.03. The first kappa shape index (κ1) is 13.8. The van der Waals surface area contributed by atoms with Crippen LogP contribution in [0.25, 0.3) is 0 Å². The van der Waals surface area contributed by atoms with E-state index in [1.54, 1.807) is 0 Å². The summed E-state index contributed by atoms with van der Waals surface area (Å²) in [5.74, 6) is -1.49. The molecule has 96 valence electrons. The lowest BCUT2D eigenvalue weighted by Crippen LogP contribution is -2.45. The highest BCUT2D eigenvalue weighted by Gasteiger charge is 2.16. The third-order valence-corrected chi connectivity index (χ3v) is 2.23. The Morgan fingerprint density at radius 2 is 1.78 bits per heavy atom. The summed E-state index contributed by atoms with van der Waals surface area (Å²) in [5, 5.41) is 17.9. The predicted octanol–water partition coefficient (Wildman–Crippen LogP) is -1.45. The van der Waals surface area contributed by atoms with Crippen molar-refractivity contribution in [2.45, 2.75) is 6.04 Å². The first-order valence-corrected chi connectivity index (χ1v) is 5.11. The topological polar surface area (TPSA) is 142 Å². The minimum atomic E-state index is -1.13. The number of hydrogen-bond donors (Lipinski definition) is 5. The van der Waals surface area contributed by atoms with E-state index in [-0.39, 0.29) is 11.4 Å². The van der Waals surface area contributed by atoms with Gasteiger partial charge in [-0.25, -0.2) is 0 Å². The Hall–Kier alpha value is -2.25. The van der Waals surface area contributed by atoms with Crippen LogP contribution in [-0.4, -0.2) is 35.4 Å². The number of amidine groups is 1. The molecule has 0 aliphatic carbocycles. The zero-order chi connectivity index (χ0) is 13.7. The van der Waals surface area contributed by atoms with Gasteiger partial charge in [0.1, 0.15) is 11.9 Å². The molecular weight excluding hydrogens is 236 g/mol. The lowest BCUT2D eigenvalue weighted by molar-refractivity contribution is -0.122. The molecule has 7 heteroatoms. The van der Waals surface area contributed by atoms with Crippen LogP contribution in [-0.2, 0) is 4.79 Å². The zero-order valence-corrected chi connectivity index (χ0v) is 9.51. The molecule has 0 saturated carbocycles. The number of carbonyl (C=O) groups is 2. The quantitative estimate of drug-likeness (QED) is 0.328. The van der Waals surface area contributed by atoms with Gasteiger partial charge in [-0.3, -0.25) is 20.3 Å². The van der Waals surface area contributed by atoms with Gasteiger partial charge in [0, 0.05) is 11.1 Å². The van der Waals surface area contributed by atoms with Crippen LogP contribution in [0.1, 0.15) is 15.9 Å². The van der Waals surface area contributed by atoms with Crippen molar-refractivity contribution in [2.24, 2.45) is 11.5 Å². The van der Waals surface area contributed by atoms with E-state index in [4.69, 9.17) is 22.0 Å². The van der Waals surface area contributed by atoms with Crippen LogP contribution in [0, 0.1) is 5.41 Å². The molecule has 0 fully saturated rings. The number of amides is 2. The summed E-state index contributed by atoms with van der Waals surface area (Å²) in [6.07, 6.45) is 0. The molecule has 1 rings (SSSR count). The molecule has 18 heavy (non-hydrogen) atoms. The maximum atomic E-state index is 11.6. The number of aliphatic hydroxyl groups excluding tert-OH is 1. The van der Waals surface area contributed by atoms with Crippen molar-refractivity contribution >= 4 is 17.6 Å². The second kappa shape index (κ2) is 5.89. The lowest BCUT2D eigenvalue weighted by atomic mass is 10.1. The third-order valence-electron chi connectivity index (χ3n) is 2.23. The monoisotopic (exact) mass is 250 g/mol. The molecule has 1 aromatic carbocycles. The molecule has 0 spiro atoms. The third kappa shape index (κ3) is 3.37. The Labute approximate surface area is 103 Å². The van der Waals surface area contributed by atoms with E-state index in [1.165, 1.54) is 24.3 Å². The SMILES string of the molecule is N=C(N)c1ccc(C(=O)NC(=O)[C@@H](N)CO)cc1. The highest BCUT2D eigenvalue weighted by molar-refractivity contribution is 6.06. The summed E-state index contributed by atoms with van der Waals surface area (Å²) < 4.78 is 0. The molecule has 7 nitrogen and oxygen atoms in total. The molecule has 0 saturated heterocycles. The second-order valence-corrected chi connectivity index (χ2v) is 3.60. The minimum absolute atomic E-state index is 0.111. The van der Waals surface area contributed by atoms with E-state index in [0.29, 0.717) is 5.56 Å². The van der Waals surface area contributed by atoms with Crippen LogP contribution in [0.3, 0.4) is 0 Å². The van der Waals surface area contributed by atoms with Crippen molar-refractivity contribution in [3.05, 3.63) is 35.4 Å². The number of carbonyl (C=O) groups excluding carboxylic acids is 2. The van der Waals surface area contributed by atoms with Gasteiger partial charge in [-0.2, -0.15) is 0 Å². The number of benzene rings is 1. The molecular formula is C11H14N4O3. The molecule has 0 heterocycles. The molecule has 0 aliphatic heterocycles. The largest absolute Gasteiger partial charge is 0.394 e. The van der Waals surface area contributed by atoms with Crippen LogP contribution in [0.15, 0.2) is 24.3 Å². The van der Waals surface area contributed by atoms with Gasteiger partial charge in [0.15, 0.2) is 0 Å². The Morgan fingerprint density at radius 1 is 1.28 bits per heavy atom. The summed E-state index contributed by atoms with van der Waals surface area (Å²) in [5.41, 5.74) is 11.2. The predicted molar refractivity (Wildman–Crippen MR) is 65.0 cm³/mol. The van der Waals surface area contributed by atoms with Crippen LogP contribution in [0.5, 0.6) is 0 Å². The molecule has 0 aromatic heterocycles. The fraction of sp³-hybridized carbons (Fsp3) is 0.182. The van der Waals surface area contributed by atoms with E-state index < -0.39 is 24.5 Å². The number of nitrogens with one attached hydrogen (secondary N) is 2. The highest BCUT2D eigenvalue weighted by atomic mass is 16.3. The standard InChI is InChI=1S/C11H14N4O3/c12-8(5-16)11(18)15-10(17)7-3-1-6(2-4-7)9(13)14/h1-4,8,16H,5,12H2,(H3,13,14)(H,15,17,18)/t8-/m0/s1. The Kier molecular flexibility index (Phi) is 4.52. The summed E-state index contributed by atoms with van der Waals surface area (Å²) in [6.45, 7) is -0.539. The van der Waals surface area contributed by atoms with Gasteiger partial charge in [0.2, 0.25) is 5.91 Å². The van der Waals surface area contributed by atoms with Crippen molar-refractivity contribution in [1.29, 1.82) is 5.41 Å². The van der Waals surface area contributed by atoms with Crippen LogP contribution >= 0.6 is 0 Å². The average molecular weight is 250 g/mol. The van der Waals surface area contributed by atoms with Crippen molar-refractivity contribution < 1.29 is 14.7 Å². The molecule has 0 radical (unpaired) electrons. The number of rotatable bonds is 4. The summed E-state index contributed by atoms with van der Waals surface area (Å²) >= 11 is 0. The number of hydrogen-bond acceptors (Lipinski definition) is 5. The van der Waals surface area contributed by atoms with Gasteiger partial charge in [0.05, 0.1) is 6.61 Å². The first-order valence-electron chi connectivity index (χ1n) is 5.11. The van der Waals surface area contributed by atoms with Gasteiger partial charge >= 0.3 is 0 Å². The van der Waals surface area contributed by atoms with Gasteiger partial charge in [-0.05, 0) is 12.1 Å². The summed E-state index contributed by atoms with van der Waals surface area (Å²) in [7, 11) is 0. The van der Waals surface area contributed by atoms with Crippen LogP contribution in [0.2, 0.25) is 0 Å². The number of nitrogen functional groups attached to an aromatic ring is 1. The molecule has 1 atom stereocenters. The molecule has 7 N–H and O–H groups in total. The van der Waals surface area contributed by atoms with Crippen molar-refractivity contribution in [2.75, 3.05) is 6.61 Å². The number of nitrogens with two attached hydrogens (primary N) is 2. The second-order valence-electron chi connectivity index (χ2n) is 3.60. The van der Waals surface area contributed by atoms with Crippen molar-refractivity contribution in [1.82, 2.24) is 5.32 Å². The van der Waals surface area contributed by atoms with E-state index >= 15 is 0 Å². The normalized spacial score (nSPS) is 11.7. The van der Waals surface area contributed by atoms with Crippen molar-refractivity contribution in [3.63, 3.8) is 0 Å². The van der Waals surface area contributed by atoms with Gasteiger partial charge in [-0.15, -0.1) is 0 Å². The van der Waals surface area contributed by atoms with E-state index in [9.17, 15) is 9.59 Å². The number of aliphatic hydroxyl groups is 1. The first-order chi connectivity index (χ1) is 8.45. The Balaban J connectivity index is 2.73. The fourth-order valence-electron chi connectivity index (χ4n) is 1.16. The van der Waals surface area contributed by atoms with Crippen LogP contribution < -0.4 is 16.8 Å². The Bertz CT molecular complexity index is 470. The molecule has 0 bridgehead atoms. The Morgan fingerprint density at radius 3 is 2.22 bits per heavy atom. The zero-order valence-electron chi connectivity index (χ0n) is 9.51. The minimum Gasteiger partial charge on any atom is -0.394 e. The van der Waals surface area contributed by atoms with Gasteiger partial charge < -0.3 is 16.6 Å². The van der Waals surface area contributed by atoms with E-state index in [0.717, 1.165) is 0 Å². The van der Waals surface area contributed by atoms with Crippen molar-refractivity contribution in [3.8, 4) is 0 Å². The lowest BCUT2D eigenvalue weighted by Gasteiger charge is -2.08. The summed E-state index contributed by atoms with van der Waals surface area (Å²) in [6, 6.07) is 4.72. The average Bonchev–Trinajstić information content (AvgIpc) is 2.37. The fourth-order valence-corrected chi connectivity index (χ4v) is 1.16. The van der Waals surface area contributed by atoms with Gasteiger partial charge in [0.25, 0.3) is 5.91 Å². The van der Waals surface area contributed by atoms with Gasteiger partial charge in [-0.1, -0.05) is 12.1 Å². The van der Waals surface area contributed by atoms with E-state index in [2.05, 4.69) is 0 Å². The smallest absolute Gasteiger partial charge is 0.257 e. The van der Waals surface area contributed by atoms with Crippen LogP contribution in [0.4, 0.5) is 0 Å². The maximum absolute atomic E-state index is 11.6. The van der Waals surface area contributed by atoms with E-state index in [1.807, 2.05) is 5.32 Å². The molecule has 2 amide bonds. The molecule has 0 unspecified atom stereocenters.